The molecule has 108 valence electrons. The largest absolute Gasteiger partial charge is 0.463 e. The zero-order valence-corrected chi connectivity index (χ0v) is 12.3. The van der Waals surface area contributed by atoms with Gasteiger partial charge in [-0.05, 0) is 24.9 Å². The Morgan fingerprint density at radius 2 is 2.05 bits per heavy atom. The van der Waals surface area contributed by atoms with Crippen molar-refractivity contribution >= 4 is 16.9 Å². The van der Waals surface area contributed by atoms with Gasteiger partial charge in [0.15, 0.2) is 0 Å². The lowest BCUT2D eigenvalue weighted by Gasteiger charge is -2.30. The van der Waals surface area contributed by atoms with E-state index in [9.17, 15) is 4.79 Å². The molecule has 0 bridgehead atoms. The van der Waals surface area contributed by atoms with Crippen molar-refractivity contribution in [3.63, 3.8) is 0 Å². The van der Waals surface area contributed by atoms with Crippen LogP contribution in [0.3, 0.4) is 0 Å². The van der Waals surface area contributed by atoms with Crippen LogP contribution in [-0.2, 0) is 0 Å². The molecule has 2 N–H and O–H groups in total. The maximum absolute atomic E-state index is 12.7. The second kappa shape index (κ2) is 5.67. The molecule has 2 aromatic rings. The fourth-order valence-corrected chi connectivity index (χ4v) is 2.22. The first-order valence-corrected chi connectivity index (χ1v) is 6.94. The van der Waals surface area contributed by atoms with E-state index in [0.717, 1.165) is 11.0 Å². The fraction of sp³-hybridized carbons (Fsp3) is 0.438. The lowest BCUT2D eigenvalue weighted by molar-refractivity contribution is 0.0702. The van der Waals surface area contributed by atoms with Gasteiger partial charge < -0.3 is 15.1 Å². The molecule has 0 aliphatic carbocycles. The van der Waals surface area contributed by atoms with Gasteiger partial charge >= 0.3 is 0 Å². The second-order valence-electron chi connectivity index (χ2n) is 5.83. The quantitative estimate of drug-likeness (QED) is 0.912. The van der Waals surface area contributed by atoms with Crippen molar-refractivity contribution in [3.8, 4) is 0 Å². The Morgan fingerprint density at radius 3 is 2.70 bits per heavy atom. The topological polar surface area (TPSA) is 59.5 Å². The van der Waals surface area contributed by atoms with Crippen molar-refractivity contribution in [3.05, 3.63) is 36.1 Å². The minimum atomic E-state index is -0.0921. The molecule has 0 spiro atoms. The number of nitrogens with zero attached hydrogens (tertiary/aromatic N) is 1. The van der Waals surface area contributed by atoms with Crippen molar-refractivity contribution < 1.29 is 9.21 Å². The van der Waals surface area contributed by atoms with Gasteiger partial charge in [-0.25, -0.2) is 0 Å². The predicted molar refractivity (Wildman–Crippen MR) is 80.6 cm³/mol. The van der Waals surface area contributed by atoms with Crippen molar-refractivity contribution in [1.29, 1.82) is 0 Å². The summed E-state index contributed by atoms with van der Waals surface area (Å²) in [5.74, 6) is -0.000949. The Balaban J connectivity index is 2.29. The summed E-state index contributed by atoms with van der Waals surface area (Å²) in [4.78, 5) is 14.5. The van der Waals surface area contributed by atoms with Gasteiger partial charge in [0.2, 0.25) is 0 Å². The van der Waals surface area contributed by atoms with Crippen LogP contribution in [0.25, 0.3) is 11.0 Å². The zero-order chi connectivity index (χ0) is 14.8. The van der Waals surface area contributed by atoms with Gasteiger partial charge in [-0.15, -0.1) is 0 Å². The van der Waals surface area contributed by atoms with Crippen LogP contribution in [0.5, 0.6) is 0 Å². The van der Waals surface area contributed by atoms with Crippen molar-refractivity contribution in [2.24, 2.45) is 11.1 Å². The highest BCUT2D eigenvalue weighted by atomic mass is 16.3. The molecule has 4 nitrogen and oxygen atoms in total. The molecule has 0 aliphatic heterocycles. The molecule has 2 rings (SSSR count). The molecule has 1 heterocycles. The standard InChI is InChI=1S/C16H22N2O2/c1-4-18(11-16(2,3)10-17)15(19)13-9-20-14-8-6-5-7-12(13)14/h5-9H,4,10-11,17H2,1-3H3. The van der Waals surface area contributed by atoms with Gasteiger partial charge in [0.1, 0.15) is 11.8 Å². The van der Waals surface area contributed by atoms with E-state index in [0.29, 0.717) is 25.2 Å². The third-order valence-electron chi connectivity index (χ3n) is 3.55. The molecule has 0 aliphatic rings. The molecule has 0 unspecified atom stereocenters. The number of hydrogen-bond donors (Lipinski definition) is 1. The Bertz CT molecular complexity index is 601. The molecule has 0 atom stereocenters. The van der Waals surface area contributed by atoms with E-state index in [1.807, 2.05) is 36.1 Å². The highest BCUT2D eigenvalue weighted by Crippen LogP contribution is 2.23. The zero-order valence-electron chi connectivity index (χ0n) is 12.3. The highest BCUT2D eigenvalue weighted by molar-refractivity contribution is 6.05. The lowest BCUT2D eigenvalue weighted by Crippen LogP contribution is -2.41. The molecular formula is C16H22N2O2. The van der Waals surface area contributed by atoms with Gasteiger partial charge in [0.25, 0.3) is 5.91 Å². The Morgan fingerprint density at radius 1 is 1.35 bits per heavy atom. The summed E-state index contributed by atoms with van der Waals surface area (Å²) in [6.07, 6.45) is 1.55. The number of benzene rings is 1. The van der Waals surface area contributed by atoms with Crippen LogP contribution in [-0.4, -0.2) is 30.4 Å². The number of para-hydroxylation sites is 1. The third kappa shape index (κ3) is 2.85. The van der Waals surface area contributed by atoms with E-state index in [4.69, 9.17) is 10.2 Å². The van der Waals surface area contributed by atoms with Crippen molar-refractivity contribution in [2.75, 3.05) is 19.6 Å². The van der Waals surface area contributed by atoms with Crippen LogP contribution in [0, 0.1) is 5.41 Å². The maximum atomic E-state index is 12.7. The van der Waals surface area contributed by atoms with E-state index in [1.54, 1.807) is 6.26 Å². The minimum absolute atomic E-state index is 0.000949. The highest BCUT2D eigenvalue weighted by Gasteiger charge is 2.25. The molecule has 1 amide bonds. The van der Waals surface area contributed by atoms with Crippen LogP contribution >= 0.6 is 0 Å². The van der Waals surface area contributed by atoms with Crippen LogP contribution in [0.2, 0.25) is 0 Å². The number of fused-ring (bicyclic) bond motifs is 1. The van der Waals surface area contributed by atoms with E-state index in [-0.39, 0.29) is 11.3 Å². The molecule has 0 saturated heterocycles. The molecule has 4 heteroatoms. The van der Waals surface area contributed by atoms with Gasteiger partial charge in [0, 0.05) is 18.5 Å². The first kappa shape index (κ1) is 14.6. The first-order valence-electron chi connectivity index (χ1n) is 6.94. The van der Waals surface area contributed by atoms with Crippen molar-refractivity contribution in [1.82, 2.24) is 4.90 Å². The second-order valence-corrected chi connectivity index (χ2v) is 5.83. The Hall–Kier alpha value is -1.81. The van der Waals surface area contributed by atoms with E-state index < -0.39 is 0 Å². The van der Waals surface area contributed by atoms with Crippen LogP contribution in [0.15, 0.2) is 34.9 Å². The summed E-state index contributed by atoms with van der Waals surface area (Å²) < 4.78 is 5.45. The minimum Gasteiger partial charge on any atom is -0.463 e. The average Bonchev–Trinajstić information content (AvgIpc) is 2.88. The third-order valence-corrected chi connectivity index (χ3v) is 3.55. The fourth-order valence-electron chi connectivity index (χ4n) is 2.22. The van der Waals surface area contributed by atoms with Crippen LogP contribution < -0.4 is 5.73 Å². The first-order chi connectivity index (χ1) is 9.48. The Kier molecular flexibility index (Phi) is 4.14. The summed E-state index contributed by atoms with van der Waals surface area (Å²) in [5.41, 5.74) is 7.03. The number of hydrogen-bond acceptors (Lipinski definition) is 3. The molecule has 0 saturated carbocycles. The summed E-state index contributed by atoms with van der Waals surface area (Å²) >= 11 is 0. The van der Waals surface area contributed by atoms with Gasteiger partial charge in [0.05, 0.1) is 5.56 Å². The number of furan rings is 1. The molecular weight excluding hydrogens is 252 g/mol. The van der Waals surface area contributed by atoms with Gasteiger partial charge in [-0.2, -0.15) is 0 Å². The number of carbonyl (C=O) groups is 1. The summed E-state index contributed by atoms with van der Waals surface area (Å²) in [7, 11) is 0. The molecule has 1 aromatic carbocycles. The number of nitrogens with two attached hydrogens (primary N) is 1. The van der Waals surface area contributed by atoms with E-state index in [1.165, 1.54) is 0 Å². The van der Waals surface area contributed by atoms with E-state index >= 15 is 0 Å². The SMILES string of the molecule is CCN(CC(C)(C)CN)C(=O)c1coc2ccccc12. The van der Waals surface area contributed by atoms with Crippen LogP contribution in [0.4, 0.5) is 0 Å². The monoisotopic (exact) mass is 274 g/mol. The maximum Gasteiger partial charge on any atom is 0.257 e. The molecule has 20 heavy (non-hydrogen) atoms. The summed E-state index contributed by atoms with van der Waals surface area (Å²) in [5, 5.41) is 0.863. The normalized spacial score (nSPS) is 11.8. The summed E-state index contributed by atoms with van der Waals surface area (Å²) in [6.45, 7) is 7.95. The Labute approximate surface area is 119 Å². The van der Waals surface area contributed by atoms with Crippen LogP contribution in [0.1, 0.15) is 31.1 Å². The van der Waals surface area contributed by atoms with Gasteiger partial charge in [-0.1, -0.05) is 32.0 Å². The number of amides is 1. The predicted octanol–water partition coefficient (Wildman–Crippen LogP) is 2.88. The molecule has 1 aromatic heterocycles. The number of carbonyl (C=O) groups excluding carboxylic acids is 1. The molecule has 0 fully saturated rings. The number of rotatable bonds is 5. The van der Waals surface area contributed by atoms with Gasteiger partial charge in [-0.3, -0.25) is 4.79 Å². The van der Waals surface area contributed by atoms with E-state index in [2.05, 4.69) is 13.8 Å². The smallest absolute Gasteiger partial charge is 0.257 e. The van der Waals surface area contributed by atoms with Crippen molar-refractivity contribution in [2.45, 2.75) is 20.8 Å². The molecule has 0 radical (unpaired) electrons. The summed E-state index contributed by atoms with van der Waals surface area (Å²) in [6, 6.07) is 7.59. The average molecular weight is 274 g/mol. The lowest BCUT2D eigenvalue weighted by atomic mass is 9.93.